The topological polar surface area (TPSA) is 31.4 Å². The summed E-state index contributed by atoms with van der Waals surface area (Å²) < 4.78 is 10.9. The molecule has 1 aromatic rings. The average Bonchev–Trinajstić information content (AvgIpc) is 2.80. The molecule has 0 amide bonds. The summed E-state index contributed by atoms with van der Waals surface area (Å²) in [5.41, 5.74) is 0.972. The number of hydrogen-bond donors (Lipinski definition) is 0. The highest BCUT2D eigenvalue weighted by Crippen LogP contribution is 2.13. The third kappa shape index (κ3) is 7.31. The number of aromatic nitrogens is 1. The highest BCUT2D eigenvalue weighted by molar-refractivity contribution is 7.09. The predicted molar refractivity (Wildman–Crippen MR) is 76.5 cm³/mol. The van der Waals surface area contributed by atoms with Crippen molar-refractivity contribution in [3.63, 3.8) is 0 Å². The minimum atomic E-state index is 0.500. The SMILES string of the molecule is CC(C)COCCOCCCc1nc(CCl)cs1. The van der Waals surface area contributed by atoms with Crippen LogP contribution < -0.4 is 0 Å². The van der Waals surface area contributed by atoms with E-state index < -0.39 is 0 Å². The van der Waals surface area contributed by atoms with Gasteiger partial charge in [-0.3, -0.25) is 0 Å². The van der Waals surface area contributed by atoms with Crippen LogP contribution in [0.15, 0.2) is 5.38 Å². The lowest BCUT2D eigenvalue weighted by atomic mass is 10.2. The molecular weight excluding hydrogens is 270 g/mol. The summed E-state index contributed by atoms with van der Waals surface area (Å²) in [4.78, 5) is 4.40. The Labute approximate surface area is 118 Å². The molecule has 0 spiro atoms. The summed E-state index contributed by atoms with van der Waals surface area (Å²) in [6, 6.07) is 0. The van der Waals surface area contributed by atoms with E-state index in [-0.39, 0.29) is 0 Å². The third-order valence-corrected chi connectivity index (χ3v) is 3.47. The molecule has 0 aliphatic rings. The highest BCUT2D eigenvalue weighted by Gasteiger charge is 2.00. The maximum Gasteiger partial charge on any atom is 0.0929 e. The first-order chi connectivity index (χ1) is 8.72. The Morgan fingerprint density at radius 1 is 1.28 bits per heavy atom. The van der Waals surface area contributed by atoms with Crippen molar-refractivity contribution < 1.29 is 9.47 Å². The zero-order valence-corrected chi connectivity index (χ0v) is 12.7. The largest absolute Gasteiger partial charge is 0.379 e. The average molecular weight is 292 g/mol. The minimum absolute atomic E-state index is 0.500. The normalized spacial score (nSPS) is 11.3. The molecule has 1 aromatic heterocycles. The summed E-state index contributed by atoms with van der Waals surface area (Å²) in [5, 5.41) is 3.16. The van der Waals surface area contributed by atoms with Gasteiger partial charge in [-0.1, -0.05) is 13.8 Å². The highest BCUT2D eigenvalue weighted by atomic mass is 35.5. The van der Waals surface area contributed by atoms with E-state index >= 15 is 0 Å². The molecule has 0 saturated carbocycles. The van der Waals surface area contributed by atoms with Crippen LogP contribution in [-0.2, 0) is 21.8 Å². The van der Waals surface area contributed by atoms with Crippen LogP contribution in [0.4, 0.5) is 0 Å². The number of rotatable bonds is 10. The van der Waals surface area contributed by atoms with Gasteiger partial charge in [0.25, 0.3) is 0 Å². The molecule has 0 atom stereocenters. The molecule has 1 rings (SSSR count). The number of halogens is 1. The van der Waals surface area contributed by atoms with Crippen LogP contribution in [-0.4, -0.2) is 31.4 Å². The van der Waals surface area contributed by atoms with E-state index in [0.29, 0.717) is 25.0 Å². The van der Waals surface area contributed by atoms with Crippen molar-refractivity contribution in [1.82, 2.24) is 4.98 Å². The maximum absolute atomic E-state index is 5.70. The van der Waals surface area contributed by atoms with Crippen LogP contribution in [0.1, 0.15) is 31.0 Å². The molecule has 104 valence electrons. The molecule has 1 heterocycles. The Bertz CT molecular complexity index is 318. The first kappa shape index (κ1) is 15.9. The molecule has 0 radical (unpaired) electrons. The van der Waals surface area contributed by atoms with E-state index in [9.17, 15) is 0 Å². The molecule has 3 nitrogen and oxygen atoms in total. The van der Waals surface area contributed by atoms with Gasteiger partial charge in [0.1, 0.15) is 0 Å². The molecule has 0 unspecified atom stereocenters. The van der Waals surface area contributed by atoms with Crippen LogP contribution >= 0.6 is 22.9 Å². The van der Waals surface area contributed by atoms with E-state index in [2.05, 4.69) is 18.8 Å². The van der Waals surface area contributed by atoms with Gasteiger partial charge in [-0.15, -0.1) is 22.9 Å². The van der Waals surface area contributed by atoms with Gasteiger partial charge in [0.05, 0.1) is 29.8 Å². The molecule has 0 saturated heterocycles. The summed E-state index contributed by atoms with van der Waals surface area (Å²) in [5.74, 6) is 1.09. The number of ether oxygens (including phenoxy) is 2. The zero-order chi connectivity index (χ0) is 13.2. The van der Waals surface area contributed by atoms with Crippen LogP contribution in [0.2, 0.25) is 0 Å². The molecule has 5 heteroatoms. The van der Waals surface area contributed by atoms with Crippen molar-refractivity contribution >= 4 is 22.9 Å². The lowest BCUT2D eigenvalue weighted by Crippen LogP contribution is -2.09. The number of hydrogen-bond acceptors (Lipinski definition) is 4. The second-order valence-electron chi connectivity index (χ2n) is 4.55. The van der Waals surface area contributed by atoms with Crippen molar-refractivity contribution in [2.75, 3.05) is 26.4 Å². The van der Waals surface area contributed by atoms with Crippen molar-refractivity contribution in [2.45, 2.75) is 32.6 Å². The molecule has 0 N–H and O–H groups in total. The van der Waals surface area contributed by atoms with E-state index in [1.54, 1.807) is 11.3 Å². The molecule has 0 aromatic carbocycles. The van der Waals surface area contributed by atoms with Gasteiger partial charge in [-0.2, -0.15) is 0 Å². The fourth-order valence-corrected chi connectivity index (χ4v) is 2.46. The van der Waals surface area contributed by atoms with Crippen molar-refractivity contribution in [2.24, 2.45) is 5.92 Å². The number of aryl methyl sites for hydroxylation is 1. The van der Waals surface area contributed by atoms with E-state index in [4.69, 9.17) is 21.1 Å². The Kier molecular flexibility index (Phi) is 8.59. The molecule has 18 heavy (non-hydrogen) atoms. The van der Waals surface area contributed by atoms with Crippen molar-refractivity contribution in [1.29, 1.82) is 0 Å². The van der Waals surface area contributed by atoms with Gasteiger partial charge in [0.15, 0.2) is 0 Å². The van der Waals surface area contributed by atoms with Gasteiger partial charge in [0, 0.05) is 25.0 Å². The monoisotopic (exact) mass is 291 g/mol. The summed E-state index contributed by atoms with van der Waals surface area (Å²) >= 11 is 7.37. The molecule has 0 aliphatic heterocycles. The minimum Gasteiger partial charge on any atom is -0.379 e. The first-order valence-corrected chi connectivity index (χ1v) is 7.78. The molecule has 0 fully saturated rings. The Hall–Kier alpha value is -0.160. The Morgan fingerprint density at radius 3 is 2.72 bits per heavy atom. The van der Waals surface area contributed by atoms with E-state index in [0.717, 1.165) is 36.8 Å². The number of nitrogens with zero attached hydrogens (tertiary/aromatic N) is 1. The standard InChI is InChI=1S/C13H22ClNO2S/c1-11(2)9-17-7-6-16-5-3-4-13-15-12(8-14)10-18-13/h10-11H,3-9H2,1-2H3. The van der Waals surface area contributed by atoms with E-state index in [1.807, 2.05) is 5.38 Å². The van der Waals surface area contributed by atoms with Crippen LogP contribution in [0.5, 0.6) is 0 Å². The van der Waals surface area contributed by atoms with Gasteiger partial charge in [-0.25, -0.2) is 4.98 Å². The zero-order valence-electron chi connectivity index (χ0n) is 11.2. The second-order valence-corrected chi connectivity index (χ2v) is 5.76. The van der Waals surface area contributed by atoms with Crippen molar-refractivity contribution in [3.8, 4) is 0 Å². The second kappa shape index (κ2) is 9.73. The Balaban J connectivity index is 1.92. The Morgan fingerprint density at radius 2 is 2.06 bits per heavy atom. The van der Waals surface area contributed by atoms with Gasteiger partial charge >= 0.3 is 0 Å². The van der Waals surface area contributed by atoms with E-state index in [1.165, 1.54) is 0 Å². The summed E-state index contributed by atoms with van der Waals surface area (Å²) in [6.07, 6.45) is 1.97. The quantitative estimate of drug-likeness (QED) is 0.488. The molecule has 0 aliphatic carbocycles. The maximum atomic E-state index is 5.70. The van der Waals surface area contributed by atoms with Crippen LogP contribution in [0.25, 0.3) is 0 Å². The van der Waals surface area contributed by atoms with Gasteiger partial charge < -0.3 is 9.47 Å². The molecule has 0 bridgehead atoms. The van der Waals surface area contributed by atoms with Gasteiger partial charge in [-0.05, 0) is 12.3 Å². The fraction of sp³-hybridized carbons (Fsp3) is 0.769. The lowest BCUT2D eigenvalue weighted by Gasteiger charge is -2.07. The van der Waals surface area contributed by atoms with Crippen molar-refractivity contribution in [3.05, 3.63) is 16.1 Å². The molecular formula is C13H22ClNO2S. The first-order valence-electron chi connectivity index (χ1n) is 6.37. The number of thiazole rings is 1. The van der Waals surface area contributed by atoms with Crippen LogP contribution in [0, 0.1) is 5.92 Å². The van der Waals surface area contributed by atoms with Crippen LogP contribution in [0.3, 0.4) is 0 Å². The van der Waals surface area contributed by atoms with Gasteiger partial charge in [0.2, 0.25) is 0 Å². The lowest BCUT2D eigenvalue weighted by molar-refractivity contribution is 0.0371. The third-order valence-electron chi connectivity index (χ3n) is 2.24. The predicted octanol–water partition coefficient (Wildman–Crippen LogP) is 3.50. The number of alkyl halides is 1. The fourth-order valence-electron chi connectivity index (χ4n) is 1.39. The smallest absolute Gasteiger partial charge is 0.0929 e. The summed E-state index contributed by atoms with van der Waals surface area (Å²) in [7, 11) is 0. The summed E-state index contributed by atoms with van der Waals surface area (Å²) in [6.45, 7) is 7.22.